The molecule has 156 valence electrons. The number of rotatable bonds is 6. The van der Waals surface area contributed by atoms with Gasteiger partial charge in [0.25, 0.3) is 5.91 Å². The van der Waals surface area contributed by atoms with Crippen LogP contribution in [0, 0.1) is 6.92 Å². The quantitative estimate of drug-likeness (QED) is 0.348. The first-order valence-corrected chi connectivity index (χ1v) is 9.84. The lowest BCUT2D eigenvalue weighted by Crippen LogP contribution is -2.19. The Morgan fingerprint density at radius 2 is 1.81 bits per heavy atom. The number of hydrazone groups is 1. The first-order valence-electron chi connectivity index (χ1n) is 9.84. The lowest BCUT2D eigenvalue weighted by molar-refractivity contribution is 0.0951. The molecule has 1 aromatic heterocycles. The first kappa shape index (κ1) is 20.2. The Morgan fingerprint density at radius 3 is 2.55 bits per heavy atom. The molecule has 0 bridgehead atoms. The van der Waals surface area contributed by atoms with E-state index in [2.05, 4.69) is 21.6 Å². The molecule has 0 atom stereocenters. The fourth-order valence-electron chi connectivity index (χ4n) is 3.61. The molecule has 31 heavy (non-hydrogen) atoms. The molecule has 6 heteroatoms. The zero-order valence-corrected chi connectivity index (χ0v) is 17.6. The monoisotopic (exact) mass is 413 g/mol. The summed E-state index contributed by atoms with van der Waals surface area (Å²) in [5, 5.41) is 5.14. The average Bonchev–Trinajstić information content (AvgIpc) is 3.18. The maximum absolute atomic E-state index is 13.0. The number of hydrogen-bond acceptors (Lipinski definition) is 4. The smallest absolute Gasteiger partial charge is 0.288 e. The number of methoxy groups -OCH3 is 2. The summed E-state index contributed by atoms with van der Waals surface area (Å²) < 4.78 is 10.7. The topological polar surface area (TPSA) is 75.7 Å². The van der Waals surface area contributed by atoms with E-state index in [1.165, 1.54) is 6.21 Å². The van der Waals surface area contributed by atoms with Crippen molar-refractivity contribution in [3.8, 4) is 22.6 Å². The van der Waals surface area contributed by atoms with Gasteiger partial charge < -0.3 is 14.5 Å². The second kappa shape index (κ2) is 8.75. The molecule has 2 N–H and O–H groups in total. The summed E-state index contributed by atoms with van der Waals surface area (Å²) >= 11 is 0. The highest BCUT2D eigenvalue weighted by atomic mass is 16.5. The second-order valence-corrected chi connectivity index (χ2v) is 7.07. The molecular weight excluding hydrogens is 390 g/mol. The van der Waals surface area contributed by atoms with E-state index in [9.17, 15) is 4.79 Å². The van der Waals surface area contributed by atoms with Crippen molar-refractivity contribution < 1.29 is 14.3 Å². The molecule has 0 spiro atoms. The fourth-order valence-corrected chi connectivity index (χ4v) is 3.61. The average molecular weight is 413 g/mol. The second-order valence-electron chi connectivity index (χ2n) is 7.07. The van der Waals surface area contributed by atoms with Gasteiger partial charge in [-0.1, -0.05) is 48.0 Å². The minimum absolute atomic E-state index is 0.328. The minimum atomic E-state index is -0.328. The van der Waals surface area contributed by atoms with Crippen molar-refractivity contribution in [2.24, 2.45) is 5.10 Å². The standard InChI is InChI=1S/C25H23N3O3/c1-16-12-13-20-19(14-16)22(17-8-5-4-6-9-17)23(27-20)25(29)28-26-15-18-10-7-11-21(30-2)24(18)31-3/h4-15,27H,1-3H3,(H,28,29). The molecule has 4 aromatic rings. The van der Waals surface area contributed by atoms with Crippen molar-refractivity contribution in [2.45, 2.75) is 6.92 Å². The van der Waals surface area contributed by atoms with Gasteiger partial charge in [-0.25, -0.2) is 5.43 Å². The number of carbonyl (C=O) groups excluding carboxylic acids is 1. The van der Waals surface area contributed by atoms with Crippen LogP contribution in [0.4, 0.5) is 0 Å². The molecule has 0 aliphatic heterocycles. The summed E-state index contributed by atoms with van der Waals surface area (Å²) in [4.78, 5) is 16.3. The lowest BCUT2D eigenvalue weighted by Gasteiger charge is -2.09. The van der Waals surface area contributed by atoms with Crippen molar-refractivity contribution in [1.82, 2.24) is 10.4 Å². The summed E-state index contributed by atoms with van der Waals surface area (Å²) in [7, 11) is 3.13. The zero-order valence-electron chi connectivity index (χ0n) is 17.6. The third-order valence-corrected chi connectivity index (χ3v) is 5.05. The lowest BCUT2D eigenvalue weighted by atomic mass is 10.0. The molecular formula is C25H23N3O3. The van der Waals surface area contributed by atoms with E-state index in [4.69, 9.17) is 9.47 Å². The number of aromatic amines is 1. The van der Waals surface area contributed by atoms with Gasteiger partial charge in [-0.15, -0.1) is 0 Å². The van der Waals surface area contributed by atoms with Crippen LogP contribution in [-0.4, -0.2) is 31.3 Å². The van der Waals surface area contributed by atoms with Crippen LogP contribution in [0.1, 0.15) is 21.6 Å². The summed E-state index contributed by atoms with van der Waals surface area (Å²) in [5.41, 5.74) is 7.61. The van der Waals surface area contributed by atoms with Crippen molar-refractivity contribution in [2.75, 3.05) is 14.2 Å². The molecule has 0 unspecified atom stereocenters. The van der Waals surface area contributed by atoms with Gasteiger partial charge in [0.1, 0.15) is 5.69 Å². The number of hydrogen-bond donors (Lipinski definition) is 2. The highest BCUT2D eigenvalue weighted by molar-refractivity contribution is 6.10. The number of benzene rings is 3. The van der Waals surface area contributed by atoms with E-state index in [1.54, 1.807) is 20.3 Å². The summed E-state index contributed by atoms with van der Waals surface area (Å²) in [6.45, 7) is 2.03. The van der Waals surface area contributed by atoms with Crippen molar-refractivity contribution in [3.63, 3.8) is 0 Å². The number of ether oxygens (including phenoxy) is 2. The van der Waals surface area contributed by atoms with Crippen LogP contribution in [0.5, 0.6) is 11.5 Å². The van der Waals surface area contributed by atoms with E-state index in [0.29, 0.717) is 22.8 Å². The Bertz CT molecular complexity index is 1260. The predicted molar refractivity (Wildman–Crippen MR) is 123 cm³/mol. The van der Waals surface area contributed by atoms with E-state index >= 15 is 0 Å². The molecule has 1 amide bonds. The molecule has 3 aromatic carbocycles. The molecule has 4 rings (SSSR count). The molecule has 0 radical (unpaired) electrons. The predicted octanol–water partition coefficient (Wildman–Crippen LogP) is 4.92. The van der Waals surface area contributed by atoms with Gasteiger partial charge in [0.15, 0.2) is 11.5 Å². The maximum atomic E-state index is 13.0. The number of fused-ring (bicyclic) bond motifs is 1. The van der Waals surface area contributed by atoms with Gasteiger partial charge in [0, 0.05) is 22.0 Å². The third-order valence-electron chi connectivity index (χ3n) is 5.05. The highest BCUT2D eigenvalue weighted by Gasteiger charge is 2.19. The normalized spacial score (nSPS) is 11.1. The number of carbonyl (C=O) groups is 1. The maximum Gasteiger partial charge on any atom is 0.288 e. The van der Waals surface area contributed by atoms with Gasteiger partial charge in [0.05, 0.1) is 20.4 Å². The number of nitrogens with one attached hydrogen (secondary N) is 2. The van der Waals surface area contributed by atoms with Gasteiger partial charge in [0.2, 0.25) is 0 Å². The Kier molecular flexibility index (Phi) is 5.71. The molecule has 0 aliphatic rings. The van der Waals surface area contributed by atoms with Gasteiger partial charge in [-0.05, 0) is 36.8 Å². The first-order chi connectivity index (χ1) is 15.1. The molecule has 0 aliphatic carbocycles. The van der Waals surface area contributed by atoms with Crippen LogP contribution in [0.25, 0.3) is 22.0 Å². The Labute approximate surface area is 180 Å². The van der Waals surface area contributed by atoms with E-state index < -0.39 is 0 Å². The van der Waals surface area contributed by atoms with Crippen molar-refractivity contribution in [3.05, 3.63) is 83.6 Å². The summed E-state index contributed by atoms with van der Waals surface area (Å²) in [6.07, 6.45) is 1.54. The largest absolute Gasteiger partial charge is 0.493 e. The van der Waals surface area contributed by atoms with Crippen LogP contribution in [0.2, 0.25) is 0 Å². The van der Waals surface area contributed by atoms with Gasteiger partial charge in [-0.2, -0.15) is 5.10 Å². The van der Waals surface area contributed by atoms with Gasteiger partial charge >= 0.3 is 0 Å². The number of nitrogens with zero attached hydrogens (tertiary/aromatic N) is 1. The molecule has 0 saturated heterocycles. The SMILES string of the molecule is COc1cccc(C=NNC(=O)c2[nH]c3ccc(C)cc3c2-c2ccccc2)c1OC. The molecule has 1 heterocycles. The minimum Gasteiger partial charge on any atom is -0.493 e. The van der Waals surface area contributed by atoms with Crippen LogP contribution in [-0.2, 0) is 0 Å². The van der Waals surface area contributed by atoms with Crippen molar-refractivity contribution >= 4 is 23.0 Å². The zero-order chi connectivity index (χ0) is 21.8. The van der Waals surface area contributed by atoms with Crippen molar-refractivity contribution in [1.29, 1.82) is 0 Å². The molecule has 0 fully saturated rings. The number of amides is 1. The number of para-hydroxylation sites is 1. The van der Waals surface area contributed by atoms with Crippen LogP contribution in [0.3, 0.4) is 0 Å². The number of aromatic nitrogens is 1. The Morgan fingerprint density at radius 1 is 1.00 bits per heavy atom. The van der Waals surface area contributed by atoms with E-state index in [0.717, 1.165) is 27.6 Å². The fraction of sp³-hybridized carbons (Fsp3) is 0.120. The molecule has 6 nitrogen and oxygen atoms in total. The Hall–Kier alpha value is -4.06. The van der Waals surface area contributed by atoms with E-state index in [1.807, 2.05) is 61.5 Å². The van der Waals surface area contributed by atoms with Gasteiger partial charge in [-0.3, -0.25) is 4.79 Å². The van der Waals surface area contributed by atoms with Crippen LogP contribution >= 0.6 is 0 Å². The number of H-pyrrole nitrogens is 1. The number of aryl methyl sites for hydroxylation is 1. The Balaban J connectivity index is 1.68. The third kappa shape index (κ3) is 4.00. The van der Waals surface area contributed by atoms with Crippen LogP contribution < -0.4 is 14.9 Å². The highest BCUT2D eigenvalue weighted by Crippen LogP contribution is 2.33. The van der Waals surface area contributed by atoms with E-state index in [-0.39, 0.29) is 5.91 Å². The molecule has 0 saturated carbocycles. The van der Waals surface area contributed by atoms with Crippen LogP contribution in [0.15, 0.2) is 71.8 Å². The summed E-state index contributed by atoms with van der Waals surface area (Å²) in [5.74, 6) is 0.815. The summed E-state index contributed by atoms with van der Waals surface area (Å²) in [6, 6.07) is 21.4.